The Bertz CT molecular complexity index is 707. The Labute approximate surface area is 133 Å². The molecule has 114 valence electrons. The molecule has 22 heavy (non-hydrogen) atoms. The molecule has 5 heteroatoms. The second-order valence-electron chi connectivity index (χ2n) is 5.15. The molecule has 2 N–H and O–H groups in total. The van der Waals surface area contributed by atoms with Gasteiger partial charge >= 0.3 is 11.9 Å². The maximum Gasteiger partial charge on any atom is 0.336 e. The van der Waals surface area contributed by atoms with Crippen LogP contribution in [-0.2, 0) is 6.42 Å². The summed E-state index contributed by atoms with van der Waals surface area (Å²) in [5.74, 6) is -2.42. The molecule has 1 atom stereocenters. The summed E-state index contributed by atoms with van der Waals surface area (Å²) in [7, 11) is 0. The molecule has 0 aliphatic heterocycles. The standard InChI is InChI=1S/C17H15ClO4/c1-10(8-11-2-5-13(18)6-3-11)12-4-7-14(16(19)20)15(9-12)17(21)22/h2-7,9-10H,8H2,1H3,(H,19,20)(H,21,22). The summed E-state index contributed by atoms with van der Waals surface area (Å²) in [6.45, 7) is 1.97. The normalized spacial score (nSPS) is 11.9. The zero-order valence-electron chi connectivity index (χ0n) is 11.9. The van der Waals surface area contributed by atoms with Gasteiger partial charge in [0.2, 0.25) is 0 Å². The number of hydrogen-bond donors (Lipinski definition) is 2. The van der Waals surface area contributed by atoms with Crippen LogP contribution in [0, 0.1) is 0 Å². The fraction of sp³-hybridized carbons (Fsp3) is 0.176. The molecular formula is C17H15ClO4. The quantitative estimate of drug-likeness (QED) is 0.871. The van der Waals surface area contributed by atoms with Gasteiger partial charge in [-0.05, 0) is 47.7 Å². The fourth-order valence-corrected chi connectivity index (χ4v) is 2.45. The van der Waals surface area contributed by atoms with Crippen molar-refractivity contribution in [2.75, 3.05) is 0 Å². The van der Waals surface area contributed by atoms with Crippen LogP contribution in [0.4, 0.5) is 0 Å². The van der Waals surface area contributed by atoms with Crippen molar-refractivity contribution in [3.8, 4) is 0 Å². The Morgan fingerprint density at radius 2 is 1.59 bits per heavy atom. The average molecular weight is 319 g/mol. The van der Waals surface area contributed by atoms with E-state index in [1.165, 1.54) is 12.1 Å². The van der Waals surface area contributed by atoms with Crippen LogP contribution in [0.3, 0.4) is 0 Å². The highest BCUT2D eigenvalue weighted by Gasteiger charge is 2.18. The molecule has 0 fully saturated rings. The molecule has 0 bridgehead atoms. The Kier molecular flexibility index (Phi) is 4.83. The van der Waals surface area contributed by atoms with E-state index in [0.717, 1.165) is 11.1 Å². The van der Waals surface area contributed by atoms with Gasteiger partial charge in [0.15, 0.2) is 0 Å². The van der Waals surface area contributed by atoms with Gasteiger partial charge in [-0.2, -0.15) is 0 Å². The molecule has 2 aromatic rings. The second kappa shape index (κ2) is 6.62. The van der Waals surface area contributed by atoms with Crippen LogP contribution in [0.15, 0.2) is 42.5 Å². The molecule has 2 rings (SSSR count). The summed E-state index contributed by atoms with van der Waals surface area (Å²) in [6, 6.07) is 11.9. The summed E-state index contributed by atoms with van der Waals surface area (Å²) in [4.78, 5) is 22.3. The molecule has 0 saturated carbocycles. The van der Waals surface area contributed by atoms with Crippen molar-refractivity contribution in [1.29, 1.82) is 0 Å². The molecule has 0 aromatic heterocycles. The summed E-state index contributed by atoms with van der Waals surface area (Å²) in [6.07, 6.45) is 0.711. The van der Waals surface area contributed by atoms with Crippen LogP contribution in [0.2, 0.25) is 5.02 Å². The van der Waals surface area contributed by atoms with Gasteiger partial charge < -0.3 is 10.2 Å². The van der Waals surface area contributed by atoms with Crippen molar-refractivity contribution in [3.63, 3.8) is 0 Å². The van der Waals surface area contributed by atoms with E-state index in [9.17, 15) is 9.59 Å². The number of carboxylic acids is 2. The number of benzene rings is 2. The van der Waals surface area contributed by atoms with Crippen LogP contribution in [-0.4, -0.2) is 22.2 Å². The van der Waals surface area contributed by atoms with E-state index in [0.29, 0.717) is 11.4 Å². The Hall–Kier alpha value is -2.33. The zero-order chi connectivity index (χ0) is 16.3. The lowest BCUT2D eigenvalue weighted by Gasteiger charge is -2.14. The number of carboxylic acid groups (broad SMARTS) is 2. The highest BCUT2D eigenvalue weighted by atomic mass is 35.5. The summed E-state index contributed by atoms with van der Waals surface area (Å²) < 4.78 is 0. The molecule has 0 saturated heterocycles. The number of aromatic carboxylic acids is 2. The number of carbonyl (C=O) groups is 2. The van der Waals surface area contributed by atoms with Gasteiger partial charge in [0.1, 0.15) is 0 Å². The molecule has 2 aromatic carbocycles. The summed E-state index contributed by atoms with van der Waals surface area (Å²) >= 11 is 5.85. The molecule has 0 amide bonds. The van der Waals surface area contributed by atoms with Crippen molar-refractivity contribution in [3.05, 3.63) is 69.7 Å². The highest BCUT2D eigenvalue weighted by Crippen LogP contribution is 2.24. The maximum atomic E-state index is 11.2. The lowest BCUT2D eigenvalue weighted by Crippen LogP contribution is -2.10. The molecule has 0 aliphatic carbocycles. The minimum Gasteiger partial charge on any atom is -0.478 e. The number of hydrogen-bond acceptors (Lipinski definition) is 2. The highest BCUT2D eigenvalue weighted by molar-refractivity contribution is 6.30. The third-order valence-electron chi connectivity index (χ3n) is 3.53. The van der Waals surface area contributed by atoms with Gasteiger partial charge in [-0.3, -0.25) is 0 Å². The summed E-state index contributed by atoms with van der Waals surface area (Å²) in [5.41, 5.74) is 1.48. The number of rotatable bonds is 5. The van der Waals surface area contributed by atoms with Crippen LogP contribution in [0.25, 0.3) is 0 Å². The molecule has 0 spiro atoms. The molecule has 1 unspecified atom stereocenters. The van der Waals surface area contributed by atoms with Crippen LogP contribution >= 0.6 is 11.6 Å². The molecular weight excluding hydrogens is 304 g/mol. The van der Waals surface area contributed by atoms with Crippen molar-refractivity contribution >= 4 is 23.5 Å². The topological polar surface area (TPSA) is 74.6 Å². The SMILES string of the molecule is CC(Cc1ccc(Cl)cc1)c1ccc(C(=O)O)c(C(=O)O)c1. The van der Waals surface area contributed by atoms with Gasteiger partial charge in [0, 0.05) is 5.02 Å². The van der Waals surface area contributed by atoms with E-state index in [4.69, 9.17) is 21.8 Å². The lowest BCUT2D eigenvalue weighted by atomic mass is 9.91. The molecule has 0 radical (unpaired) electrons. The Morgan fingerprint density at radius 1 is 1.00 bits per heavy atom. The van der Waals surface area contributed by atoms with Gasteiger partial charge in [0.25, 0.3) is 0 Å². The van der Waals surface area contributed by atoms with Gasteiger partial charge in [0.05, 0.1) is 11.1 Å². The first kappa shape index (κ1) is 16.0. The van der Waals surface area contributed by atoms with Crippen molar-refractivity contribution in [2.24, 2.45) is 0 Å². The smallest absolute Gasteiger partial charge is 0.336 e. The van der Waals surface area contributed by atoms with E-state index in [1.807, 2.05) is 19.1 Å². The fourth-order valence-electron chi connectivity index (χ4n) is 2.32. The lowest BCUT2D eigenvalue weighted by molar-refractivity contribution is 0.0651. The van der Waals surface area contributed by atoms with E-state index in [2.05, 4.69) is 0 Å². The van der Waals surface area contributed by atoms with Crippen LogP contribution < -0.4 is 0 Å². The average Bonchev–Trinajstić information content (AvgIpc) is 2.48. The van der Waals surface area contributed by atoms with E-state index in [-0.39, 0.29) is 17.0 Å². The minimum atomic E-state index is -1.24. The van der Waals surface area contributed by atoms with Crippen LogP contribution in [0.5, 0.6) is 0 Å². The third-order valence-corrected chi connectivity index (χ3v) is 3.78. The summed E-state index contributed by atoms with van der Waals surface area (Å²) in [5, 5.41) is 18.9. The zero-order valence-corrected chi connectivity index (χ0v) is 12.7. The number of halogens is 1. The monoisotopic (exact) mass is 318 g/mol. The Balaban J connectivity index is 2.28. The van der Waals surface area contributed by atoms with Crippen molar-refractivity contribution in [1.82, 2.24) is 0 Å². The first-order valence-corrected chi connectivity index (χ1v) is 7.11. The van der Waals surface area contributed by atoms with Crippen molar-refractivity contribution in [2.45, 2.75) is 19.3 Å². The molecule has 0 aliphatic rings. The van der Waals surface area contributed by atoms with Gasteiger partial charge in [-0.25, -0.2) is 9.59 Å². The van der Waals surface area contributed by atoms with E-state index < -0.39 is 11.9 Å². The predicted molar refractivity (Wildman–Crippen MR) is 83.9 cm³/mol. The predicted octanol–water partition coefficient (Wildman–Crippen LogP) is 4.08. The van der Waals surface area contributed by atoms with Crippen LogP contribution in [0.1, 0.15) is 44.7 Å². The second-order valence-corrected chi connectivity index (χ2v) is 5.58. The minimum absolute atomic E-state index is 0.0575. The first-order valence-electron chi connectivity index (χ1n) is 6.73. The van der Waals surface area contributed by atoms with Gasteiger partial charge in [-0.15, -0.1) is 0 Å². The molecule has 0 heterocycles. The first-order chi connectivity index (χ1) is 10.4. The van der Waals surface area contributed by atoms with E-state index >= 15 is 0 Å². The largest absolute Gasteiger partial charge is 0.478 e. The molecule has 4 nitrogen and oxygen atoms in total. The third kappa shape index (κ3) is 3.65. The Morgan fingerprint density at radius 3 is 2.14 bits per heavy atom. The van der Waals surface area contributed by atoms with E-state index in [1.54, 1.807) is 18.2 Å². The van der Waals surface area contributed by atoms with Crippen molar-refractivity contribution < 1.29 is 19.8 Å². The van der Waals surface area contributed by atoms with Gasteiger partial charge in [-0.1, -0.05) is 36.7 Å². The maximum absolute atomic E-state index is 11.2.